The van der Waals surface area contributed by atoms with Crippen LogP contribution in [0.3, 0.4) is 0 Å². The molecule has 16 heavy (non-hydrogen) atoms. The van der Waals surface area contributed by atoms with Crippen LogP contribution in [0.1, 0.15) is 5.76 Å². The summed E-state index contributed by atoms with van der Waals surface area (Å²) in [6, 6.07) is 4.42. The third-order valence-corrected chi connectivity index (χ3v) is 3.47. The van der Waals surface area contributed by atoms with Crippen molar-refractivity contribution in [3.8, 4) is 0 Å². The Bertz CT molecular complexity index is 371. The van der Waals surface area contributed by atoms with Crippen LogP contribution in [-0.4, -0.2) is 21.2 Å². The quantitative estimate of drug-likeness (QED) is 0.459. The van der Waals surface area contributed by atoms with Crippen LogP contribution >= 0.6 is 0 Å². The average Bonchev–Trinajstić information content (AvgIpc) is 2.66. The molecule has 0 saturated heterocycles. The Kier molecular flexibility index (Phi) is 4.12. The first-order valence-corrected chi connectivity index (χ1v) is 8.95. The molecule has 0 aliphatic carbocycles. The van der Waals surface area contributed by atoms with Gasteiger partial charge in [0.1, 0.15) is 5.76 Å². The lowest BCUT2D eigenvalue weighted by Crippen LogP contribution is -2.23. The first kappa shape index (κ1) is 12.8. The van der Waals surface area contributed by atoms with Gasteiger partial charge >= 0.3 is 5.97 Å². The summed E-state index contributed by atoms with van der Waals surface area (Å²) in [7, 11) is 0.0617. The van der Waals surface area contributed by atoms with Crippen molar-refractivity contribution >= 4 is 20.1 Å². The van der Waals surface area contributed by atoms with Crippen LogP contribution in [0, 0.1) is 0 Å². The molecule has 1 aromatic rings. The summed E-state index contributed by atoms with van der Waals surface area (Å²) in [5.74, 6) is 0.428. The molecule has 0 aliphatic rings. The molecule has 1 heterocycles. The average molecular weight is 238 g/mol. The molecule has 0 bridgehead atoms. The first-order valence-electron chi connectivity index (χ1n) is 5.25. The third kappa shape index (κ3) is 4.06. The fourth-order valence-electron chi connectivity index (χ4n) is 1.43. The monoisotopic (exact) mass is 238 g/mol. The van der Waals surface area contributed by atoms with E-state index in [1.807, 2.05) is 6.07 Å². The highest BCUT2D eigenvalue weighted by atomic mass is 28.3. The van der Waals surface area contributed by atoms with Gasteiger partial charge in [0.2, 0.25) is 0 Å². The van der Waals surface area contributed by atoms with E-state index in [2.05, 4.69) is 19.6 Å². The smallest absolute Gasteiger partial charge is 0.333 e. The van der Waals surface area contributed by atoms with Crippen molar-refractivity contribution in [3.05, 3.63) is 29.7 Å². The number of carbonyl (C=O) groups is 1. The Morgan fingerprint density at radius 1 is 1.50 bits per heavy atom. The molecule has 0 atom stereocenters. The molecule has 4 heteroatoms. The van der Waals surface area contributed by atoms with E-state index >= 15 is 0 Å². The minimum atomic E-state index is -1.34. The molecule has 0 saturated carbocycles. The Balaban J connectivity index is 2.92. The highest BCUT2D eigenvalue weighted by Gasteiger charge is 2.20. The molecule has 0 fully saturated rings. The number of hydrogen-bond donors (Lipinski definition) is 0. The summed E-state index contributed by atoms with van der Waals surface area (Å²) in [4.78, 5) is 11.6. The number of methoxy groups -OCH3 is 1. The number of furan rings is 1. The van der Waals surface area contributed by atoms with E-state index in [9.17, 15) is 4.79 Å². The topological polar surface area (TPSA) is 39.4 Å². The molecular formula is C12H18O3Si. The number of carbonyl (C=O) groups excluding carboxylic acids is 1. The number of hydrogen-bond acceptors (Lipinski definition) is 3. The van der Waals surface area contributed by atoms with Crippen molar-refractivity contribution < 1.29 is 13.9 Å². The molecule has 88 valence electrons. The van der Waals surface area contributed by atoms with Gasteiger partial charge in [0, 0.05) is 13.6 Å². The highest BCUT2D eigenvalue weighted by Crippen LogP contribution is 2.20. The fraction of sp³-hybridized carbons (Fsp3) is 0.417. The van der Waals surface area contributed by atoms with Crippen LogP contribution < -0.4 is 0 Å². The Morgan fingerprint density at radius 3 is 2.62 bits per heavy atom. The molecule has 0 spiro atoms. The predicted octanol–water partition coefficient (Wildman–Crippen LogP) is 3.17. The summed E-state index contributed by atoms with van der Waals surface area (Å²) in [5, 5.41) is 0. The maximum absolute atomic E-state index is 11.6. The minimum absolute atomic E-state index is 0.265. The number of esters is 1. The number of rotatable bonds is 4. The third-order valence-electron chi connectivity index (χ3n) is 2.03. The molecular weight excluding hydrogens is 220 g/mol. The van der Waals surface area contributed by atoms with E-state index in [4.69, 9.17) is 9.15 Å². The van der Waals surface area contributed by atoms with Crippen LogP contribution in [0.4, 0.5) is 0 Å². The summed E-state index contributed by atoms with van der Waals surface area (Å²) >= 11 is 0. The summed E-state index contributed by atoms with van der Waals surface area (Å²) in [5.41, 5.74) is 0.691. The van der Waals surface area contributed by atoms with Crippen molar-refractivity contribution in [1.29, 1.82) is 0 Å². The molecule has 1 rings (SSSR count). The van der Waals surface area contributed by atoms with Gasteiger partial charge in [0.15, 0.2) is 0 Å². The van der Waals surface area contributed by atoms with Gasteiger partial charge in [-0.2, -0.15) is 0 Å². The summed E-state index contributed by atoms with van der Waals surface area (Å²) in [6.45, 7) is 6.64. The zero-order valence-electron chi connectivity index (χ0n) is 10.2. The van der Waals surface area contributed by atoms with E-state index in [1.165, 1.54) is 7.11 Å². The van der Waals surface area contributed by atoms with Crippen molar-refractivity contribution in [2.24, 2.45) is 0 Å². The molecule has 0 aromatic carbocycles. The molecule has 0 amide bonds. The lowest BCUT2D eigenvalue weighted by Gasteiger charge is -2.16. The second kappa shape index (κ2) is 5.16. The van der Waals surface area contributed by atoms with Gasteiger partial charge in [-0.3, -0.25) is 0 Å². The minimum Gasteiger partial charge on any atom is -0.466 e. The van der Waals surface area contributed by atoms with E-state index in [0.717, 1.165) is 6.04 Å². The van der Waals surface area contributed by atoms with Crippen LogP contribution in [0.2, 0.25) is 25.7 Å². The molecule has 3 nitrogen and oxygen atoms in total. The zero-order chi connectivity index (χ0) is 12.2. The van der Waals surface area contributed by atoms with E-state index in [1.54, 1.807) is 18.4 Å². The van der Waals surface area contributed by atoms with Crippen molar-refractivity contribution in [2.75, 3.05) is 7.11 Å². The fourth-order valence-corrected chi connectivity index (χ4v) is 2.82. The maximum Gasteiger partial charge on any atom is 0.333 e. The summed E-state index contributed by atoms with van der Waals surface area (Å²) in [6.07, 6.45) is 3.36. The van der Waals surface area contributed by atoms with Gasteiger partial charge in [-0.1, -0.05) is 19.6 Å². The van der Waals surface area contributed by atoms with Gasteiger partial charge in [-0.15, -0.1) is 0 Å². The molecule has 0 unspecified atom stereocenters. The van der Waals surface area contributed by atoms with Gasteiger partial charge in [0.25, 0.3) is 0 Å². The lowest BCUT2D eigenvalue weighted by atomic mass is 10.2. The van der Waals surface area contributed by atoms with Gasteiger partial charge in [0.05, 0.1) is 13.4 Å². The molecule has 0 radical (unpaired) electrons. The SMILES string of the molecule is COC(=O)/C(=C/c1ccco1)C[Si](C)(C)C. The lowest BCUT2D eigenvalue weighted by molar-refractivity contribution is -0.135. The first-order chi connectivity index (χ1) is 7.42. The standard InChI is InChI=1S/C12H18O3Si/c1-14-12(13)10(9-16(2,3)4)8-11-6-5-7-15-11/h5-8H,9H2,1-4H3/b10-8+. The van der Waals surface area contributed by atoms with Crippen molar-refractivity contribution in [1.82, 2.24) is 0 Å². The zero-order valence-corrected chi connectivity index (χ0v) is 11.2. The van der Waals surface area contributed by atoms with Crippen molar-refractivity contribution in [3.63, 3.8) is 0 Å². The Morgan fingerprint density at radius 2 is 2.19 bits per heavy atom. The van der Waals surface area contributed by atoms with Gasteiger partial charge in [-0.25, -0.2) is 4.79 Å². The number of ether oxygens (including phenoxy) is 1. The largest absolute Gasteiger partial charge is 0.466 e. The normalized spacial score (nSPS) is 12.6. The second-order valence-electron chi connectivity index (χ2n) is 4.91. The van der Waals surface area contributed by atoms with E-state index in [-0.39, 0.29) is 5.97 Å². The summed E-state index contributed by atoms with van der Waals surface area (Å²) < 4.78 is 9.98. The van der Waals surface area contributed by atoms with E-state index < -0.39 is 8.07 Å². The predicted molar refractivity (Wildman–Crippen MR) is 66.9 cm³/mol. The molecule has 0 N–H and O–H groups in total. The molecule has 0 aliphatic heterocycles. The van der Waals surface area contributed by atoms with Crippen LogP contribution in [0.5, 0.6) is 0 Å². The second-order valence-corrected chi connectivity index (χ2v) is 10.4. The van der Waals surface area contributed by atoms with Gasteiger partial charge < -0.3 is 9.15 Å². The van der Waals surface area contributed by atoms with Crippen LogP contribution in [0.25, 0.3) is 6.08 Å². The Hall–Kier alpha value is -1.29. The van der Waals surface area contributed by atoms with E-state index in [0.29, 0.717) is 11.3 Å². The Labute approximate surface area is 97.1 Å². The van der Waals surface area contributed by atoms with Crippen LogP contribution in [-0.2, 0) is 9.53 Å². The van der Waals surface area contributed by atoms with Gasteiger partial charge in [-0.05, 0) is 24.3 Å². The molecule has 1 aromatic heterocycles. The maximum atomic E-state index is 11.6. The highest BCUT2D eigenvalue weighted by molar-refractivity contribution is 6.77. The van der Waals surface area contributed by atoms with Crippen LogP contribution in [0.15, 0.2) is 28.4 Å². The van der Waals surface area contributed by atoms with Crippen molar-refractivity contribution in [2.45, 2.75) is 25.7 Å².